The zero-order valence-corrected chi connectivity index (χ0v) is 10.2. The number of rotatable bonds is 5. The highest BCUT2D eigenvalue weighted by molar-refractivity contribution is 5.28. The summed E-state index contributed by atoms with van der Waals surface area (Å²) in [4.78, 5) is 0. The Balaban J connectivity index is 3.19. The highest BCUT2D eigenvalue weighted by Crippen LogP contribution is 2.23. The Labute approximate surface area is 92.1 Å². The summed E-state index contributed by atoms with van der Waals surface area (Å²) in [6.45, 7) is 9.13. The van der Waals surface area contributed by atoms with Crippen LogP contribution in [0.2, 0.25) is 0 Å². The fourth-order valence-electron chi connectivity index (χ4n) is 2.08. The summed E-state index contributed by atoms with van der Waals surface area (Å²) >= 11 is 0. The molecule has 1 aromatic heterocycles. The van der Waals surface area contributed by atoms with Crippen LogP contribution in [0.25, 0.3) is 0 Å². The Morgan fingerprint density at radius 1 is 1.27 bits per heavy atom. The molecule has 1 N–H and O–H groups in total. The van der Waals surface area contributed by atoms with E-state index in [-0.39, 0.29) is 0 Å². The minimum absolute atomic E-state index is 0.402. The molecule has 1 aromatic rings. The minimum atomic E-state index is -0.402. The van der Waals surface area contributed by atoms with E-state index in [4.69, 9.17) is 0 Å². The number of nitrogens with zero attached hydrogens (tertiary/aromatic N) is 2. The van der Waals surface area contributed by atoms with Gasteiger partial charge < -0.3 is 5.11 Å². The van der Waals surface area contributed by atoms with Gasteiger partial charge in [-0.1, -0.05) is 20.8 Å². The third kappa shape index (κ3) is 2.40. The van der Waals surface area contributed by atoms with Crippen molar-refractivity contribution in [1.29, 1.82) is 0 Å². The molecule has 0 saturated carbocycles. The molecular weight excluding hydrogens is 188 g/mol. The summed E-state index contributed by atoms with van der Waals surface area (Å²) in [5, 5.41) is 14.3. The van der Waals surface area contributed by atoms with Gasteiger partial charge in [0.05, 0.1) is 11.8 Å². The summed E-state index contributed by atoms with van der Waals surface area (Å²) in [6, 6.07) is 0. The molecule has 0 bridgehead atoms. The highest BCUT2D eigenvalue weighted by Gasteiger charge is 2.18. The third-order valence-electron chi connectivity index (χ3n) is 2.70. The molecule has 0 aromatic carbocycles. The lowest BCUT2D eigenvalue weighted by Crippen LogP contribution is -2.05. The van der Waals surface area contributed by atoms with Gasteiger partial charge in [0.25, 0.3) is 0 Å². The third-order valence-corrected chi connectivity index (χ3v) is 2.70. The van der Waals surface area contributed by atoms with Gasteiger partial charge in [-0.3, -0.25) is 4.68 Å². The van der Waals surface area contributed by atoms with Gasteiger partial charge in [-0.2, -0.15) is 5.10 Å². The molecule has 1 atom stereocenters. The topological polar surface area (TPSA) is 38.0 Å². The monoisotopic (exact) mass is 210 g/mol. The largest absolute Gasteiger partial charge is 0.389 e. The van der Waals surface area contributed by atoms with E-state index in [1.807, 2.05) is 6.92 Å². The highest BCUT2D eigenvalue weighted by atomic mass is 16.3. The molecule has 15 heavy (non-hydrogen) atoms. The van der Waals surface area contributed by atoms with Gasteiger partial charge in [0.15, 0.2) is 0 Å². The molecule has 1 heterocycles. The van der Waals surface area contributed by atoms with Crippen molar-refractivity contribution in [1.82, 2.24) is 9.78 Å². The van der Waals surface area contributed by atoms with Crippen LogP contribution in [0.4, 0.5) is 0 Å². The van der Waals surface area contributed by atoms with E-state index in [1.54, 1.807) is 0 Å². The van der Waals surface area contributed by atoms with Crippen LogP contribution in [0.3, 0.4) is 0 Å². The Bertz CT molecular complexity index is 316. The summed E-state index contributed by atoms with van der Waals surface area (Å²) in [5.41, 5.74) is 3.30. The number of aryl methyl sites for hydroxylation is 2. The summed E-state index contributed by atoms with van der Waals surface area (Å²) < 4.78 is 2.06. The first kappa shape index (κ1) is 12.2. The van der Waals surface area contributed by atoms with Gasteiger partial charge in [-0.25, -0.2) is 0 Å². The van der Waals surface area contributed by atoms with Crippen molar-refractivity contribution in [2.24, 2.45) is 0 Å². The van der Waals surface area contributed by atoms with E-state index in [0.717, 1.165) is 37.1 Å². The average molecular weight is 210 g/mol. The van der Waals surface area contributed by atoms with Crippen LogP contribution >= 0.6 is 0 Å². The second-order valence-corrected chi connectivity index (χ2v) is 3.91. The lowest BCUT2D eigenvalue weighted by Gasteiger charge is -2.08. The van der Waals surface area contributed by atoms with Crippen molar-refractivity contribution in [3.63, 3.8) is 0 Å². The quantitative estimate of drug-likeness (QED) is 0.810. The average Bonchev–Trinajstić information content (AvgIpc) is 2.56. The molecule has 0 aliphatic heterocycles. The van der Waals surface area contributed by atoms with Crippen molar-refractivity contribution < 1.29 is 5.11 Å². The molecule has 0 amide bonds. The van der Waals surface area contributed by atoms with Crippen molar-refractivity contribution in [3.8, 4) is 0 Å². The Morgan fingerprint density at radius 3 is 2.33 bits per heavy atom. The molecule has 0 saturated heterocycles. The predicted octanol–water partition coefficient (Wildman–Crippen LogP) is 2.47. The molecule has 3 nitrogen and oxygen atoms in total. The zero-order chi connectivity index (χ0) is 11.4. The van der Waals surface area contributed by atoms with Crippen LogP contribution in [0, 0.1) is 0 Å². The maximum absolute atomic E-state index is 9.78. The molecule has 86 valence electrons. The molecular formula is C12H22N2O. The van der Waals surface area contributed by atoms with E-state index in [9.17, 15) is 5.11 Å². The number of hydrogen-bond donors (Lipinski definition) is 1. The molecule has 0 radical (unpaired) electrons. The van der Waals surface area contributed by atoms with E-state index in [1.165, 1.54) is 5.69 Å². The Morgan fingerprint density at radius 2 is 1.93 bits per heavy atom. The predicted molar refractivity (Wildman–Crippen MR) is 61.9 cm³/mol. The second-order valence-electron chi connectivity index (χ2n) is 3.91. The van der Waals surface area contributed by atoms with E-state index in [0.29, 0.717) is 0 Å². The van der Waals surface area contributed by atoms with Crippen LogP contribution in [-0.2, 0) is 19.4 Å². The van der Waals surface area contributed by atoms with E-state index >= 15 is 0 Å². The smallest absolute Gasteiger partial charge is 0.0798 e. The summed E-state index contributed by atoms with van der Waals surface area (Å²) in [6.07, 6.45) is 2.51. The minimum Gasteiger partial charge on any atom is -0.389 e. The Kier molecular flexibility index (Phi) is 4.33. The molecule has 0 aliphatic rings. The SMILES string of the molecule is CCCn1nc(CC)c(C(C)O)c1CC. The zero-order valence-electron chi connectivity index (χ0n) is 10.2. The lowest BCUT2D eigenvalue weighted by molar-refractivity contribution is 0.197. The van der Waals surface area contributed by atoms with Crippen LogP contribution in [0.1, 0.15) is 57.2 Å². The fraction of sp³-hybridized carbons (Fsp3) is 0.750. The van der Waals surface area contributed by atoms with Crippen LogP contribution in [0.15, 0.2) is 0 Å². The molecule has 0 aliphatic carbocycles. The first-order chi connectivity index (χ1) is 7.15. The molecule has 1 rings (SSSR count). The molecule has 0 spiro atoms. The van der Waals surface area contributed by atoms with Crippen LogP contribution in [0.5, 0.6) is 0 Å². The maximum atomic E-state index is 9.78. The summed E-state index contributed by atoms with van der Waals surface area (Å²) in [7, 11) is 0. The standard InChI is InChI=1S/C12H22N2O/c1-5-8-14-11(7-3)12(9(4)15)10(6-2)13-14/h9,15H,5-8H2,1-4H3. The maximum Gasteiger partial charge on any atom is 0.0798 e. The van der Waals surface area contributed by atoms with Gasteiger partial charge in [-0.15, -0.1) is 0 Å². The van der Waals surface area contributed by atoms with Gasteiger partial charge in [0.2, 0.25) is 0 Å². The van der Waals surface area contributed by atoms with E-state index in [2.05, 4.69) is 30.6 Å². The fourth-order valence-corrected chi connectivity index (χ4v) is 2.08. The lowest BCUT2D eigenvalue weighted by atomic mass is 10.0. The van der Waals surface area contributed by atoms with Gasteiger partial charge in [0.1, 0.15) is 0 Å². The number of aromatic nitrogens is 2. The van der Waals surface area contributed by atoms with Crippen molar-refractivity contribution in [2.45, 2.75) is 59.6 Å². The van der Waals surface area contributed by atoms with Crippen molar-refractivity contribution >= 4 is 0 Å². The molecule has 0 fully saturated rings. The first-order valence-electron chi connectivity index (χ1n) is 5.92. The molecule has 1 unspecified atom stereocenters. The van der Waals surface area contributed by atoms with Gasteiger partial charge in [0, 0.05) is 17.8 Å². The number of hydrogen-bond acceptors (Lipinski definition) is 2. The summed E-state index contributed by atoms with van der Waals surface area (Å²) in [5.74, 6) is 0. The van der Waals surface area contributed by atoms with Gasteiger partial charge in [-0.05, 0) is 26.2 Å². The van der Waals surface area contributed by atoms with Crippen LogP contribution < -0.4 is 0 Å². The second kappa shape index (κ2) is 5.31. The first-order valence-corrected chi connectivity index (χ1v) is 5.92. The Hall–Kier alpha value is -0.830. The van der Waals surface area contributed by atoms with E-state index < -0.39 is 6.10 Å². The van der Waals surface area contributed by atoms with Gasteiger partial charge >= 0.3 is 0 Å². The van der Waals surface area contributed by atoms with Crippen molar-refractivity contribution in [3.05, 3.63) is 17.0 Å². The number of aliphatic hydroxyl groups is 1. The van der Waals surface area contributed by atoms with Crippen molar-refractivity contribution in [2.75, 3.05) is 0 Å². The van der Waals surface area contributed by atoms with Crippen LogP contribution in [-0.4, -0.2) is 14.9 Å². The number of aliphatic hydroxyl groups excluding tert-OH is 1. The molecule has 3 heteroatoms. The normalized spacial score (nSPS) is 13.1.